The maximum absolute atomic E-state index is 13.4. The number of halogens is 4. The number of aromatic nitrogens is 2. The van der Waals surface area contributed by atoms with Crippen LogP contribution in [0, 0.1) is 15.2 Å². The van der Waals surface area contributed by atoms with Gasteiger partial charge in [-0.05, 0) is 34.2 Å². The second kappa shape index (κ2) is 5.22. The standard InChI is InChI=1S/C11H6ClF2IN2/c12-11-9(15)5-16-10(17-11)3-6-1-2-7(13)4-8(6)14/h1-2,4-5H,3H2. The van der Waals surface area contributed by atoms with Crippen molar-refractivity contribution in [3.63, 3.8) is 0 Å². The average Bonchev–Trinajstić information content (AvgIpc) is 2.27. The molecule has 0 N–H and O–H groups in total. The first-order valence-electron chi connectivity index (χ1n) is 4.67. The Morgan fingerprint density at radius 1 is 1.29 bits per heavy atom. The second-order valence-corrected chi connectivity index (χ2v) is 4.86. The molecule has 0 aliphatic rings. The molecule has 0 atom stereocenters. The quantitative estimate of drug-likeness (QED) is 0.599. The lowest BCUT2D eigenvalue weighted by Crippen LogP contribution is -2.00. The minimum Gasteiger partial charge on any atom is -0.240 e. The Balaban J connectivity index is 2.28. The van der Waals surface area contributed by atoms with Crippen LogP contribution in [0.1, 0.15) is 11.4 Å². The number of nitrogens with zero attached hydrogens (tertiary/aromatic N) is 2. The van der Waals surface area contributed by atoms with Crippen molar-refractivity contribution < 1.29 is 8.78 Å². The van der Waals surface area contributed by atoms with E-state index in [1.165, 1.54) is 12.1 Å². The summed E-state index contributed by atoms with van der Waals surface area (Å²) in [6.07, 6.45) is 1.75. The molecule has 0 aliphatic heterocycles. The summed E-state index contributed by atoms with van der Waals surface area (Å²) in [6.45, 7) is 0. The summed E-state index contributed by atoms with van der Waals surface area (Å²) in [4.78, 5) is 8.05. The van der Waals surface area contributed by atoms with Gasteiger partial charge in [-0.3, -0.25) is 0 Å². The van der Waals surface area contributed by atoms with Crippen LogP contribution < -0.4 is 0 Å². The van der Waals surface area contributed by atoms with E-state index >= 15 is 0 Å². The maximum Gasteiger partial charge on any atom is 0.146 e. The Bertz CT molecular complexity index is 563. The number of hydrogen-bond acceptors (Lipinski definition) is 2. The highest BCUT2D eigenvalue weighted by molar-refractivity contribution is 14.1. The number of rotatable bonds is 2. The average molecular weight is 367 g/mol. The van der Waals surface area contributed by atoms with Crippen molar-refractivity contribution in [2.45, 2.75) is 6.42 Å². The molecule has 0 saturated heterocycles. The first kappa shape index (κ1) is 12.6. The summed E-state index contributed by atoms with van der Waals surface area (Å²) < 4.78 is 26.8. The van der Waals surface area contributed by atoms with Gasteiger partial charge < -0.3 is 0 Å². The molecule has 0 aliphatic carbocycles. The highest BCUT2D eigenvalue weighted by Crippen LogP contribution is 2.17. The lowest BCUT2D eigenvalue weighted by atomic mass is 10.1. The summed E-state index contributed by atoms with van der Waals surface area (Å²) in [6, 6.07) is 3.41. The van der Waals surface area contributed by atoms with E-state index in [4.69, 9.17) is 11.6 Å². The molecule has 6 heteroatoms. The number of hydrogen-bond donors (Lipinski definition) is 0. The molecule has 88 valence electrons. The minimum absolute atomic E-state index is 0.183. The lowest BCUT2D eigenvalue weighted by Gasteiger charge is -2.03. The number of benzene rings is 1. The van der Waals surface area contributed by atoms with Gasteiger partial charge in [0.2, 0.25) is 0 Å². The summed E-state index contributed by atoms with van der Waals surface area (Å²) >= 11 is 7.84. The Labute approximate surface area is 115 Å². The Morgan fingerprint density at radius 3 is 2.71 bits per heavy atom. The molecule has 0 spiro atoms. The van der Waals surface area contributed by atoms with E-state index in [-0.39, 0.29) is 6.42 Å². The summed E-state index contributed by atoms with van der Waals surface area (Å²) in [7, 11) is 0. The molecule has 1 aromatic carbocycles. The van der Waals surface area contributed by atoms with Gasteiger partial charge in [-0.25, -0.2) is 18.7 Å². The van der Waals surface area contributed by atoms with Crippen molar-refractivity contribution in [2.24, 2.45) is 0 Å². The fraction of sp³-hybridized carbons (Fsp3) is 0.0909. The monoisotopic (exact) mass is 366 g/mol. The van der Waals surface area contributed by atoms with Crippen LogP contribution >= 0.6 is 34.2 Å². The zero-order valence-corrected chi connectivity index (χ0v) is 11.3. The Hall–Kier alpha value is -0.820. The fourth-order valence-corrected chi connectivity index (χ4v) is 1.71. The van der Waals surface area contributed by atoms with Gasteiger partial charge in [0.25, 0.3) is 0 Å². The normalized spacial score (nSPS) is 10.6. The van der Waals surface area contributed by atoms with Gasteiger partial charge in [0.05, 0.1) is 3.57 Å². The van der Waals surface area contributed by atoms with E-state index in [1.807, 2.05) is 22.6 Å². The molecule has 0 radical (unpaired) electrons. The van der Waals surface area contributed by atoms with E-state index in [2.05, 4.69) is 9.97 Å². The van der Waals surface area contributed by atoms with Crippen molar-refractivity contribution in [1.29, 1.82) is 0 Å². The molecule has 2 nitrogen and oxygen atoms in total. The molecule has 0 fully saturated rings. The van der Waals surface area contributed by atoms with Crippen molar-refractivity contribution in [3.8, 4) is 0 Å². The summed E-state index contributed by atoms with van der Waals surface area (Å²) in [5.41, 5.74) is 0.337. The third-order valence-electron chi connectivity index (χ3n) is 2.11. The molecule has 0 saturated carbocycles. The van der Waals surface area contributed by atoms with Crippen molar-refractivity contribution in [3.05, 3.63) is 56.1 Å². The van der Waals surface area contributed by atoms with Gasteiger partial charge in [-0.15, -0.1) is 0 Å². The molecule has 0 unspecified atom stereocenters. The van der Waals surface area contributed by atoms with E-state index in [0.29, 0.717) is 16.5 Å². The van der Waals surface area contributed by atoms with Crippen LogP contribution in [0.2, 0.25) is 5.15 Å². The van der Waals surface area contributed by atoms with Gasteiger partial charge >= 0.3 is 0 Å². The van der Waals surface area contributed by atoms with Crippen molar-refractivity contribution in [1.82, 2.24) is 9.97 Å². The summed E-state index contributed by atoms with van der Waals surface area (Å²) in [5, 5.41) is 0.332. The third kappa shape index (κ3) is 3.10. The molecule has 2 rings (SSSR count). The van der Waals surface area contributed by atoms with Gasteiger partial charge in [-0.2, -0.15) is 0 Å². The zero-order chi connectivity index (χ0) is 12.4. The predicted octanol–water partition coefficient (Wildman–Crippen LogP) is 3.60. The molecule has 0 bridgehead atoms. The van der Waals surface area contributed by atoms with E-state index in [0.717, 1.165) is 9.64 Å². The molecule has 1 aromatic heterocycles. The first-order chi connectivity index (χ1) is 8.06. The smallest absolute Gasteiger partial charge is 0.146 e. The molecule has 2 aromatic rings. The topological polar surface area (TPSA) is 25.8 Å². The molecular weight excluding hydrogens is 360 g/mol. The van der Waals surface area contributed by atoms with Gasteiger partial charge in [0, 0.05) is 18.7 Å². The van der Waals surface area contributed by atoms with Crippen molar-refractivity contribution in [2.75, 3.05) is 0 Å². The van der Waals surface area contributed by atoms with Crippen LogP contribution in [0.25, 0.3) is 0 Å². The second-order valence-electron chi connectivity index (χ2n) is 3.34. The van der Waals surface area contributed by atoms with Crippen LogP contribution in [0.15, 0.2) is 24.4 Å². The zero-order valence-electron chi connectivity index (χ0n) is 8.42. The largest absolute Gasteiger partial charge is 0.240 e. The van der Waals surface area contributed by atoms with E-state index in [9.17, 15) is 8.78 Å². The van der Waals surface area contributed by atoms with Crippen LogP contribution in [0.4, 0.5) is 8.78 Å². The molecule has 1 heterocycles. The lowest BCUT2D eigenvalue weighted by molar-refractivity contribution is 0.573. The molecule has 0 amide bonds. The van der Waals surface area contributed by atoms with Gasteiger partial charge in [0.15, 0.2) is 0 Å². The Kier molecular flexibility index (Phi) is 3.88. The van der Waals surface area contributed by atoms with E-state index < -0.39 is 11.6 Å². The van der Waals surface area contributed by atoms with Gasteiger partial charge in [0.1, 0.15) is 22.6 Å². The predicted molar refractivity (Wildman–Crippen MR) is 68.9 cm³/mol. The minimum atomic E-state index is -0.608. The highest BCUT2D eigenvalue weighted by Gasteiger charge is 2.08. The Morgan fingerprint density at radius 2 is 2.06 bits per heavy atom. The summed E-state index contributed by atoms with van der Waals surface area (Å²) in [5.74, 6) is -0.808. The van der Waals surface area contributed by atoms with Crippen LogP contribution in [0.5, 0.6) is 0 Å². The van der Waals surface area contributed by atoms with Crippen LogP contribution in [-0.4, -0.2) is 9.97 Å². The van der Waals surface area contributed by atoms with E-state index in [1.54, 1.807) is 6.20 Å². The SMILES string of the molecule is Fc1ccc(Cc2ncc(I)c(Cl)n2)c(F)c1. The first-order valence-corrected chi connectivity index (χ1v) is 6.13. The fourth-order valence-electron chi connectivity index (χ4n) is 1.30. The van der Waals surface area contributed by atoms with Crippen LogP contribution in [-0.2, 0) is 6.42 Å². The molecule has 17 heavy (non-hydrogen) atoms. The van der Waals surface area contributed by atoms with Crippen LogP contribution in [0.3, 0.4) is 0 Å². The third-order valence-corrected chi connectivity index (χ3v) is 3.51. The van der Waals surface area contributed by atoms with Crippen molar-refractivity contribution >= 4 is 34.2 Å². The highest BCUT2D eigenvalue weighted by atomic mass is 127. The van der Waals surface area contributed by atoms with Gasteiger partial charge in [-0.1, -0.05) is 17.7 Å². The maximum atomic E-state index is 13.4. The molecular formula is C11H6ClF2IN2.